The van der Waals surface area contributed by atoms with Crippen molar-refractivity contribution < 1.29 is 4.79 Å². The lowest BCUT2D eigenvalue weighted by Gasteiger charge is -2.34. The van der Waals surface area contributed by atoms with Gasteiger partial charge in [0.1, 0.15) is 0 Å². The first kappa shape index (κ1) is 19.3. The largest absolute Gasteiger partial charge is 0.382 e. The van der Waals surface area contributed by atoms with Crippen molar-refractivity contribution in [2.75, 3.05) is 19.4 Å². The standard InChI is InChI=1S/C23H36N2O/c1-23(2)15-13-18(14-16-23)17-5-9-20(10-6-17)24-21-11-7-19(8-12-21)22(26)25(3)4/h5-6,9-10,18-19,21,24H,7-8,11-16H2,1-4H3. The first-order valence-electron chi connectivity index (χ1n) is 10.4. The number of rotatable bonds is 4. The van der Waals surface area contributed by atoms with Crippen LogP contribution in [0.25, 0.3) is 0 Å². The number of anilines is 1. The summed E-state index contributed by atoms with van der Waals surface area (Å²) < 4.78 is 0. The van der Waals surface area contributed by atoms with Crippen molar-refractivity contribution in [3.05, 3.63) is 29.8 Å². The molecule has 0 bridgehead atoms. The van der Waals surface area contributed by atoms with Gasteiger partial charge in [-0.05, 0) is 80.4 Å². The summed E-state index contributed by atoms with van der Waals surface area (Å²) in [4.78, 5) is 13.8. The van der Waals surface area contributed by atoms with Crippen molar-refractivity contribution in [2.45, 2.75) is 77.2 Å². The summed E-state index contributed by atoms with van der Waals surface area (Å²) >= 11 is 0. The van der Waals surface area contributed by atoms with Crippen LogP contribution in [0.3, 0.4) is 0 Å². The van der Waals surface area contributed by atoms with Gasteiger partial charge in [0.25, 0.3) is 0 Å². The van der Waals surface area contributed by atoms with Crippen LogP contribution in [0, 0.1) is 11.3 Å². The van der Waals surface area contributed by atoms with E-state index in [2.05, 4.69) is 43.4 Å². The normalized spacial score (nSPS) is 26.3. The number of nitrogens with zero attached hydrogens (tertiary/aromatic N) is 1. The molecule has 0 atom stereocenters. The van der Waals surface area contributed by atoms with Gasteiger partial charge in [0.15, 0.2) is 0 Å². The molecule has 0 spiro atoms. The molecular weight excluding hydrogens is 320 g/mol. The maximum absolute atomic E-state index is 12.1. The Bertz CT molecular complexity index is 587. The highest BCUT2D eigenvalue weighted by Crippen LogP contribution is 2.42. The summed E-state index contributed by atoms with van der Waals surface area (Å²) in [5, 5.41) is 3.69. The molecule has 1 aromatic carbocycles. The van der Waals surface area contributed by atoms with Gasteiger partial charge < -0.3 is 10.2 Å². The molecule has 0 saturated heterocycles. The van der Waals surface area contributed by atoms with Crippen LogP contribution in [0.15, 0.2) is 24.3 Å². The van der Waals surface area contributed by atoms with Crippen molar-refractivity contribution in [1.82, 2.24) is 4.90 Å². The number of amides is 1. The number of benzene rings is 1. The summed E-state index contributed by atoms with van der Waals surface area (Å²) in [5.74, 6) is 1.26. The van der Waals surface area contributed by atoms with Crippen molar-refractivity contribution in [2.24, 2.45) is 11.3 Å². The Morgan fingerprint density at radius 3 is 2.08 bits per heavy atom. The van der Waals surface area contributed by atoms with E-state index in [0.29, 0.717) is 17.4 Å². The lowest BCUT2D eigenvalue weighted by molar-refractivity contribution is -0.133. The molecule has 144 valence electrons. The predicted octanol–water partition coefficient (Wildman–Crippen LogP) is 5.43. The molecule has 26 heavy (non-hydrogen) atoms. The molecule has 1 amide bonds. The fourth-order valence-corrected chi connectivity index (χ4v) is 4.67. The lowest BCUT2D eigenvalue weighted by atomic mass is 9.71. The molecule has 1 N–H and O–H groups in total. The van der Waals surface area contributed by atoms with Crippen LogP contribution in [-0.4, -0.2) is 30.9 Å². The number of hydrogen-bond donors (Lipinski definition) is 1. The Hall–Kier alpha value is -1.51. The van der Waals surface area contributed by atoms with Crippen molar-refractivity contribution in [1.29, 1.82) is 0 Å². The highest BCUT2D eigenvalue weighted by molar-refractivity contribution is 5.78. The number of nitrogens with one attached hydrogen (secondary N) is 1. The maximum atomic E-state index is 12.1. The zero-order valence-corrected chi connectivity index (χ0v) is 17.1. The molecule has 3 nitrogen and oxygen atoms in total. The Kier molecular flexibility index (Phi) is 5.94. The summed E-state index contributed by atoms with van der Waals surface area (Å²) in [7, 11) is 3.73. The SMILES string of the molecule is CN(C)C(=O)C1CCC(Nc2ccc(C3CCC(C)(C)CC3)cc2)CC1. The quantitative estimate of drug-likeness (QED) is 0.780. The average Bonchev–Trinajstić information content (AvgIpc) is 2.62. The second-order valence-corrected chi connectivity index (χ2v) is 9.49. The van der Waals surface area contributed by atoms with Crippen LogP contribution in [0.4, 0.5) is 5.69 Å². The van der Waals surface area contributed by atoms with Crippen LogP contribution in [0.1, 0.15) is 76.7 Å². The first-order chi connectivity index (χ1) is 12.3. The zero-order chi connectivity index (χ0) is 18.7. The predicted molar refractivity (Wildman–Crippen MR) is 109 cm³/mol. The van der Waals surface area contributed by atoms with E-state index in [0.717, 1.165) is 31.6 Å². The Labute approximate surface area is 159 Å². The minimum atomic E-state index is 0.223. The smallest absolute Gasteiger partial charge is 0.225 e. The zero-order valence-electron chi connectivity index (χ0n) is 17.1. The summed E-state index contributed by atoms with van der Waals surface area (Å²) in [6.45, 7) is 4.80. The van der Waals surface area contributed by atoms with E-state index in [-0.39, 0.29) is 5.92 Å². The van der Waals surface area contributed by atoms with Crippen LogP contribution < -0.4 is 5.32 Å². The van der Waals surface area contributed by atoms with Crippen LogP contribution in [-0.2, 0) is 4.79 Å². The maximum Gasteiger partial charge on any atom is 0.225 e. The Balaban J connectivity index is 1.49. The van der Waals surface area contributed by atoms with Gasteiger partial charge in [0, 0.05) is 31.7 Å². The summed E-state index contributed by atoms with van der Waals surface area (Å²) in [5.41, 5.74) is 3.27. The van der Waals surface area contributed by atoms with Crippen molar-refractivity contribution >= 4 is 11.6 Å². The van der Waals surface area contributed by atoms with E-state index in [9.17, 15) is 4.79 Å². The second kappa shape index (κ2) is 8.02. The molecule has 0 radical (unpaired) electrons. The van der Waals surface area contributed by atoms with Gasteiger partial charge in [0.05, 0.1) is 0 Å². The number of hydrogen-bond acceptors (Lipinski definition) is 2. The topological polar surface area (TPSA) is 32.3 Å². The molecule has 2 aliphatic rings. The third-order valence-corrected chi connectivity index (χ3v) is 6.61. The van der Waals surface area contributed by atoms with E-state index >= 15 is 0 Å². The third kappa shape index (κ3) is 4.81. The molecule has 0 unspecified atom stereocenters. The third-order valence-electron chi connectivity index (χ3n) is 6.61. The van der Waals surface area contributed by atoms with Gasteiger partial charge >= 0.3 is 0 Å². The van der Waals surface area contributed by atoms with Crippen LogP contribution in [0.2, 0.25) is 0 Å². The first-order valence-corrected chi connectivity index (χ1v) is 10.4. The second-order valence-electron chi connectivity index (χ2n) is 9.49. The molecule has 0 heterocycles. The Morgan fingerprint density at radius 1 is 0.962 bits per heavy atom. The van der Waals surface area contributed by atoms with E-state index in [1.807, 2.05) is 14.1 Å². The molecule has 2 aliphatic carbocycles. The van der Waals surface area contributed by atoms with Gasteiger partial charge in [-0.3, -0.25) is 4.79 Å². The molecule has 0 aliphatic heterocycles. The highest BCUT2D eigenvalue weighted by atomic mass is 16.2. The number of carbonyl (C=O) groups excluding carboxylic acids is 1. The van der Waals surface area contributed by atoms with Gasteiger partial charge in [-0.2, -0.15) is 0 Å². The fraction of sp³-hybridized carbons (Fsp3) is 0.696. The average molecular weight is 357 g/mol. The highest BCUT2D eigenvalue weighted by Gasteiger charge is 2.28. The molecule has 2 saturated carbocycles. The molecule has 3 rings (SSSR count). The van der Waals surface area contributed by atoms with Crippen molar-refractivity contribution in [3.8, 4) is 0 Å². The Morgan fingerprint density at radius 2 is 1.54 bits per heavy atom. The van der Waals surface area contributed by atoms with E-state index in [1.165, 1.54) is 36.9 Å². The summed E-state index contributed by atoms with van der Waals surface area (Å²) in [6.07, 6.45) is 9.51. The molecular formula is C23H36N2O. The van der Waals surface area contributed by atoms with Gasteiger partial charge in [-0.25, -0.2) is 0 Å². The summed E-state index contributed by atoms with van der Waals surface area (Å²) in [6, 6.07) is 9.67. The monoisotopic (exact) mass is 356 g/mol. The van der Waals surface area contributed by atoms with E-state index in [4.69, 9.17) is 0 Å². The minimum absolute atomic E-state index is 0.223. The van der Waals surface area contributed by atoms with Gasteiger partial charge in [-0.1, -0.05) is 26.0 Å². The van der Waals surface area contributed by atoms with Crippen molar-refractivity contribution in [3.63, 3.8) is 0 Å². The van der Waals surface area contributed by atoms with Crippen LogP contribution in [0.5, 0.6) is 0 Å². The van der Waals surface area contributed by atoms with Gasteiger partial charge in [-0.15, -0.1) is 0 Å². The minimum Gasteiger partial charge on any atom is -0.382 e. The lowest BCUT2D eigenvalue weighted by Crippen LogP contribution is -2.35. The van der Waals surface area contributed by atoms with E-state index in [1.54, 1.807) is 4.90 Å². The molecule has 2 fully saturated rings. The number of carbonyl (C=O) groups is 1. The van der Waals surface area contributed by atoms with Gasteiger partial charge in [0.2, 0.25) is 5.91 Å². The molecule has 1 aromatic rings. The fourth-order valence-electron chi connectivity index (χ4n) is 4.67. The molecule has 0 aromatic heterocycles. The van der Waals surface area contributed by atoms with Crippen LogP contribution >= 0.6 is 0 Å². The van der Waals surface area contributed by atoms with E-state index < -0.39 is 0 Å². The molecule has 3 heteroatoms.